The molecule has 0 amide bonds. The van der Waals surface area contributed by atoms with Crippen LogP contribution in [-0.2, 0) is 13.1 Å². The molecule has 0 fully saturated rings. The van der Waals surface area contributed by atoms with Crippen molar-refractivity contribution >= 4 is 23.2 Å². The van der Waals surface area contributed by atoms with E-state index in [9.17, 15) is 0 Å². The molecule has 0 aliphatic carbocycles. The summed E-state index contributed by atoms with van der Waals surface area (Å²) in [6.07, 6.45) is 3.18. The van der Waals surface area contributed by atoms with Gasteiger partial charge in [-0.25, -0.2) is 15.0 Å². The molecule has 5 nitrogen and oxygen atoms in total. The highest BCUT2D eigenvalue weighted by Crippen LogP contribution is 2.27. The van der Waals surface area contributed by atoms with Crippen molar-refractivity contribution in [3.05, 3.63) is 52.2 Å². The van der Waals surface area contributed by atoms with Gasteiger partial charge in [-0.1, -0.05) is 29.3 Å². The summed E-state index contributed by atoms with van der Waals surface area (Å²) >= 11 is 12.4. The van der Waals surface area contributed by atoms with Gasteiger partial charge in [0.15, 0.2) is 5.82 Å². The van der Waals surface area contributed by atoms with E-state index in [4.69, 9.17) is 28.9 Å². The molecular formula is C13H11Cl2N5. The first-order valence-electron chi connectivity index (χ1n) is 5.98. The zero-order valence-electron chi connectivity index (χ0n) is 10.4. The van der Waals surface area contributed by atoms with E-state index in [0.29, 0.717) is 28.8 Å². The smallest absolute Gasteiger partial charge is 0.163 e. The first-order valence-corrected chi connectivity index (χ1v) is 6.74. The van der Waals surface area contributed by atoms with E-state index in [1.165, 1.54) is 6.33 Å². The first kappa shape index (κ1) is 13.3. The molecule has 2 aliphatic heterocycles. The molecule has 2 N–H and O–H groups in total. The highest BCUT2D eigenvalue weighted by atomic mass is 35.5. The maximum atomic E-state index is 6.19. The van der Waals surface area contributed by atoms with Crippen molar-refractivity contribution in [2.75, 3.05) is 0 Å². The van der Waals surface area contributed by atoms with Crippen molar-refractivity contribution in [3.63, 3.8) is 0 Å². The first-order chi connectivity index (χ1) is 9.70. The summed E-state index contributed by atoms with van der Waals surface area (Å²) in [5, 5.41) is 1.22. The van der Waals surface area contributed by atoms with Crippen molar-refractivity contribution in [2.24, 2.45) is 5.73 Å². The van der Waals surface area contributed by atoms with Crippen molar-refractivity contribution in [3.8, 4) is 11.5 Å². The Morgan fingerprint density at radius 2 is 1.85 bits per heavy atom. The van der Waals surface area contributed by atoms with Crippen LogP contribution < -0.4 is 5.73 Å². The van der Waals surface area contributed by atoms with E-state index in [2.05, 4.69) is 15.0 Å². The van der Waals surface area contributed by atoms with E-state index in [1.807, 2.05) is 10.6 Å². The van der Waals surface area contributed by atoms with Crippen LogP contribution in [-0.4, -0.2) is 19.5 Å². The van der Waals surface area contributed by atoms with E-state index >= 15 is 0 Å². The zero-order valence-corrected chi connectivity index (χ0v) is 11.9. The predicted octanol–water partition coefficient (Wildman–Crippen LogP) is 2.59. The lowest BCUT2D eigenvalue weighted by Crippen LogP contribution is -2.12. The van der Waals surface area contributed by atoms with Gasteiger partial charge in [0.25, 0.3) is 0 Å². The molecule has 0 aromatic heterocycles. The maximum Gasteiger partial charge on any atom is 0.163 e. The van der Waals surface area contributed by atoms with E-state index < -0.39 is 0 Å². The summed E-state index contributed by atoms with van der Waals surface area (Å²) in [4.78, 5) is 12.8. The summed E-state index contributed by atoms with van der Waals surface area (Å²) in [6, 6.07) is 5.42. The average Bonchev–Trinajstić information content (AvgIpc) is 2.92. The Morgan fingerprint density at radius 3 is 2.55 bits per heavy atom. The number of benzene rings is 1. The molecule has 0 spiro atoms. The van der Waals surface area contributed by atoms with Crippen LogP contribution in [0.15, 0.2) is 30.9 Å². The molecule has 0 radical (unpaired) electrons. The summed E-state index contributed by atoms with van der Waals surface area (Å²) in [6.45, 7) is 0.800. The van der Waals surface area contributed by atoms with Crippen LogP contribution in [0.5, 0.6) is 0 Å². The second kappa shape index (κ2) is 5.36. The summed E-state index contributed by atoms with van der Waals surface area (Å²) in [5.74, 6) is 0.719. The van der Waals surface area contributed by atoms with E-state index in [0.717, 1.165) is 17.1 Å². The minimum absolute atomic E-state index is 0.322. The molecule has 2 heterocycles. The Labute approximate surface area is 125 Å². The monoisotopic (exact) mass is 307 g/mol. The number of halogens is 2. The van der Waals surface area contributed by atoms with Crippen LogP contribution >= 0.6 is 23.2 Å². The lowest BCUT2D eigenvalue weighted by Gasteiger charge is -2.14. The van der Waals surface area contributed by atoms with Crippen LogP contribution in [0, 0.1) is 0 Å². The molecule has 7 heteroatoms. The molecule has 102 valence electrons. The summed E-state index contributed by atoms with van der Waals surface area (Å²) < 4.78 is 1.86. The predicted molar refractivity (Wildman–Crippen MR) is 77.9 cm³/mol. The standard InChI is InChI=1S/C13H11Cl2N5/c14-9-2-1-3-10(15)8(9)5-20-7-19-11(4-16)12-13(20)18-6-17-12/h1-3,6-7H,4-5,16H2. The SMILES string of the molecule is NCc1ncn(Cc2c(Cl)cccc2Cl)c2ncnc1-2. The third kappa shape index (κ3) is 2.24. The molecule has 0 unspecified atom stereocenters. The minimum Gasteiger partial charge on any atom is -0.325 e. The molecule has 0 bridgehead atoms. The number of nitrogens with two attached hydrogens (primary N) is 1. The number of rotatable bonds is 3. The summed E-state index contributed by atoms with van der Waals surface area (Å²) in [5.41, 5.74) is 7.90. The lowest BCUT2D eigenvalue weighted by atomic mass is 10.2. The van der Waals surface area contributed by atoms with Crippen LogP contribution in [0.1, 0.15) is 11.3 Å². The third-order valence-electron chi connectivity index (χ3n) is 3.06. The van der Waals surface area contributed by atoms with Gasteiger partial charge in [0.1, 0.15) is 12.0 Å². The maximum absolute atomic E-state index is 6.19. The number of aromatic nitrogens is 4. The van der Waals surface area contributed by atoms with Gasteiger partial charge in [0.05, 0.1) is 18.6 Å². The summed E-state index contributed by atoms with van der Waals surface area (Å²) in [7, 11) is 0. The number of hydrogen-bond donors (Lipinski definition) is 1. The highest BCUT2D eigenvalue weighted by Gasteiger charge is 2.17. The van der Waals surface area contributed by atoms with Gasteiger partial charge in [-0.3, -0.25) is 0 Å². The highest BCUT2D eigenvalue weighted by molar-refractivity contribution is 6.35. The number of imidazole rings is 1. The normalized spacial score (nSPS) is 11.2. The number of nitrogens with zero attached hydrogens (tertiary/aromatic N) is 4. The molecule has 1 aromatic carbocycles. The Morgan fingerprint density at radius 1 is 1.10 bits per heavy atom. The molecule has 20 heavy (non-hydrogen) atoms. The van der Waals surface area contributed by atoms with Crippen molar-refractivity contribution in [1.29, 1.82) is 0 Å². The fourth-order valence-electron chi connectivity index (χ4n) is 2.05. The van der Waals surface area contributed by atoms with Crippen molar-refractivity contribution in [2.45, 2.75) is 13.1 Å². The molecule has 0 atom stereocenters. The quantitative estimate of drug-likeness (QED) is 0.807. The Bertz CT molecular complexity index is 705. The number of hydrogen-bond acceptors (Lipinski definition) is 4. The Balaban J connectivity index is 2.06. The second-order valence-electron chi connectivity index (χ2n) is 4.27. The average molecular weight is 308 g/mol. The van der Waals surface area contributed by atoms with E-state index in [-0.39, 0.29) is 0 Å². The van der Waals surface area contributed by atoms with Gasteiger partial charge in [0.2, 0.25) is 0 Å². The van der Waals surface area contributed by atoms with Crippen molar-refractivity contribution < 1.29 is 0 Å². The van der Waals surface area contributed by atoms with Crippen LogP contribution in [0.4, 0.5) is 0 Å². The zero-order chi connectivity index (χ0) is 14.1. The third-order valence-corrected chi connectivity index (χ3v) is 3.77. The second-order valence-corrected chi connectivity index (χ2v) is 5.08. The number of fused-ring (bicyclic) bond motifs is 1. The van der Waals surface area contributed by atoms with Gasteiger partial charge < -0.3 is 10.3 Å². The largest absolute Gasteiger partial charge is 0.325 e. The topological polar surface area (TPSA) is 69.6 Å². The molecule has 0 saturated heterocycles. The van der Waals surface area contributed by atoms with E-state index in [1.54, 1.807) is 18.5 Å². The van der Waals surface area contributed by atoms with Gasteiger partial charge in [0, 0.05) is 22.2 Å². The van der Waals surface area contributed by atoms with Gasteiger partial charge >= 0.3 is 0 Å². The van der Waals surface area contributed by atoms with Gasteiger partial charge in [-0.2, -0.15) is 0 Å². The molecule has 2 aliphatic rings. The fourth-order valence-corrected chi connectivity index (χ4v) is 2.56. The van der Waals surface area contributed by atoms with Crippen LogP contribution in [0.2, 0.25) is 10.0 Å². The molecule has 0 saturated carbocycles. The molecule has 1 aromatic rings. The molecular weight excluding hydrogens is 297 g/mol. The molecule has 3 rings (SSSR count). The van der Waals surface area contributed by atoms with Crippen LogP contribution in [0.25, 0.3) is 11.5 Å². The fraction of sp³-hybridized carbons (Fsp3) is 0.154. The minimum atomic E-state index is 0.322. The Kier molecular flexibility index (Phi) is 3.56. The van der Waals surface area contributed by atoms with Crippen LogP contribution in [0.3, 0.4) is 0 Å². The van der Waals surface area contributed by atoms with Gasteiger partial charge in [-0.05, 0) is 12.1 Å². The Hall–Kier alpha value is -1.69. The van der Waals surface area contributed by atoms with Gasteiger partial charge in [-0.15, -0.1) is 0 Å². The lowest BCUT2D eigenvalue weighted by molar-refractivity contribution is 0.746. The van der Waals surface area contributed by atoms with Crippen molar-refractivity contribution in [1.82, 2.24) is 19.5 Å².